The van der Waals surface area contributed by atoms with E-state index in [-0.39, 0.29) is 56.0 Å². The van der Waals surface area contributed by atoms with Gasteiger partial charge in [-0.2, -0.15) is 0 Å². The smallest absolute Gasteiger partial charge is 0.246 e. The minimum atomic E-state index is -0.623. The van der Waals surface area contributed by atoms with Crippen LogP contribution in [0.1, 0.15) is 27.2 Å². The molecule has 4 amide bonds. The number of nitrogens with one attached hydrogen (secondary N) is 3. The Morgan fingerprint density at radius 3 is 1.59 bits per heavy atom. The minimum Gasteiger partial charge on any atom is -0.368 e. The summed E-state index contributed by atoms with van der Waals surface area (Å²) in [6.07, 6.45) is 0.794. The maximum Gasteiger partial charge on any atom is 0.246 e. The van der Waals surface area contributed by atoms with Gasteiger partial charge in [-0.25, -0.2) is 0 Å². The summed E-state index contributed by atoms with van der Waals surface area (Å²) in [5.74, 6) is -1.07. The van der Waals surface area contributed by atoms with E-state index in [4.69, 9.17) is 15.2 Å². The second-order valence-corrected chi connectivity index (χ2v) is 6.46. The lowest BCUT2D eigenvalue weighted by atomic mass is 9.97. The van der Waals surface area contributed by atoms with Gasteiger partial charge in [0.2, 0.25) is 23.6 Å². The molecule has 0 heterocycles. The van der Waals surface area contributed by atoms with Gasteiger partial charge in [-0.1, -0.05) is 13.8 Å². The molecule has 0 fully saturated rings. The van der Waals surface area contributed by atoms with Crippen LogP contribution in [0.4, 0.5) is 0 Å². The van der Waals surface area contributed by atoms with E-state index >= 15 is 0 Å². The van der Waals surface area contributed by atoms with Crippen LogP contribution in [0.3, 0.4) is 0 Å². The quantitative estimate of drug-likeness (QED) is 0.269. The summed E-state index contributed by atoms with van der Waals surface area (Å²) in [6, 6.07) is 0. The molecule has 0 saturated heterocycles. The first kappa shape index (κ1) is 24.8. The molecule has 0 aromatic heterocycles. The van der Waals surface area contributed by atoms with E-state index in [1.54, 1.807) is 6.92 Å². The summed E-state index contributed by atoms with van der Waals surface area (Å²) in [7, 11) is 0. The lowest BCUT2D eigenvalue weighted by Crippen LogP contribution is -2.35. The lowest BCUT2D eigenvalue weighted by Gasteiger charge is -2.18. The van der Waals surface area contributed by atoms with Gasteiger partial charge in [0.15, 0.2) is 0 Å². The molecular formula is C17H32N4O6. The van der Waals surface area contributed by atoms with Crippen molar-refractivity contribution in [3.05, 3.63) is 0 Å². The first-order valence-corrected chi connectivity index (χ1v) is 8.98. The van der Waals surface area contributed by atoms with Crippen LogP contribution >= 0.6 is 0 Å². The van der Waals surface area contributed by atoms with E-state index in [2.05, 4.69) is 16.0 Å². The van der Waals surface area contributed by atoms with Gasteiger partial charge in [-0.05, 0) is 25.2 Å². The average molecular weight is 388 g/mol. The maximum absolute atomic E-state index is 11.7. The third kappa shape index (κ3) is 15.7. The summed E-state index contributed by atoms with van der Waals surface area (Å²) in [6.45, 7) is 6.43. The number of hydrogen-bond acceptors (Lipinski definition) is 6. The molecular weight excluding hydrogens is 356 g/mol. The number of primary amides is 1. The normalized spacial score (nSPS) is 12.7. The Labute approximate surface area is 159 Å². The minimum absolute atomic E-state index is 0.142. The summed E-state index contributed by atoms with van der Waals surface area (Å²) < 4.78 is 9.85. The number of carbonyl (C=O) groups excluding carboxylic acids is 4. The summed E-state index contributed by atoms with van der Waals surface area (Å²) in [5, 5.41) is 8.04. The molecule has 0 aliphatic rings. The average Bonchev–Trinajstić information content (AvgIpc) is 2.58. The first-order chi connectivity index (χ1) is 12.7. The van der Waals surface area contributed by atoms with Gasteiger partial charge in [0.25, 0.3) is 0 Å². The number of rotatable bonds is 15. The predicted molar refractivity (Wildman–Crippen MR) is 98.5 cm³/mol. The predicted octanol–water partition coefficient (Wildman–Crippen LogP) is -1.46. The van der Waals surface area contributed by atoms with Crippen LogP contribution in [0, 0.1) is 11.8 Å². The zero-order valence-electron chi connectivity index (χ0n) is 16.3. The lowest BCUT2D eigenvalue weighted by molar-refractivity contribution is -0.131. The van der Waals surface area contributed by atoms with Crippen LogP contribution in [-0.2, 0) is 28.7 Å². The molecule has 0 spiro atoms. The van der Waals surface area contributed by atoms with Crippen molar-refractivity contribution in [1.29, 1.82) is 0 Å². The highest BCUT2D eigenvalue weighted by Gasteiger charge is 2.12. The molecule has 2 unspecified atom stereocenters. The Balaban J connectivity index is 3.79. The summed E-state index contributed by atoms with van der Waals surface area (Å²) in [5.41, 5.74) is 4.91. The SMILES string of the molecule is CCNC(=O)COCC(=O)NCC(C)CC(C)CNC(=O)COCC(N)=O. The third-order valence-electron chi connectivity index (χ3n) is 3.42. The molecule has 0 bridgehead atoms. The molecule has 0 rings (SSSR count). The number of carbonyl (C=O) groups is 4. The van der Waals surface area contributed by atoms with E-state index in [0.29, 0.717) is 19.6 Å². The van der Waals surface area contributed by atoms with Crippen LogP contribution in [0.2, 0.25) is 0 Å². The standard InChI is InChI=1S/C17H32N4O6/c1-4-19-15(23)9-27-11-17(25)21-7-13(3)5-12(2)6-20-16(24)10-26-8-14(18)22/h12-13H,4-11H2,1-3H3,(H2,18,22)(H,19,23)(H,20,24)(H,21,25). The monoisotopic (exact) mass is 388 g/mol. The number of amides is 4. The zero-order chi connectivity index (χ0) is 20.7. The molecule has 156 valence electrons. The van der Waals surface area contributed by atoms with Crippen LogP contribution in [0.25, 0.3) is 0 Å². The molecule has 10 heteroatoms. The number of nitrogens with two attached hydrogens (primary N) is 1. The highest BCUT2D eigenvalue weighted by molar-refractivity contribution is 5.79. The van der Waals surface area contributed by atoms with E-state index in [1.807, 2.05) is 13.8 Å². The van der Waals surface area contributed by atoms with Crippen molar-refractivity contribution in [1.82, 2.24) is 16.0 Å². The van der Waals surface area contributed by atoms with Crippen molar-refractivity contribution in [2.24, 2.45) is 17.6 Å². The van der Waals surface area contributed by atoms with Gasteiger partial charge in [-0.3, -0.25) is 19.2 Å². The van der Waals surface area contributed by atoms with Gasteiger partial charge in [0, 0.05) is 19.6 Å². The molecule has 0 aliphatic heterocycles. The van der Waals surface area contributed by atoms with Crippen LogP contribution in [0.15, 0.2) is 0 Å². The van der Waals surface area contributed by atoms with Crippen molar-refractivity contribution in [3.63, 3.8) is 0 Å². The molecule has 0 saturated carbocycles. The highest BCUT2D eigenvalue weighted by Crippen LogP contribution is 2.10. The maximum atomic E-state index is 11.7. The Morgan fingerprint density at radius 1 is 0.778 bits per heavy atom. The molecule has 0 aromatic carbocycles. The number of ether oxygens (including phenoxy) is 2. The second-order valence-electron chi connectivity index (χ2n) is 6.46. The van der Waals surface area contributed by atoms with E-state index < -0.39 is 5.91 Å². The van der Waals surface area contributed by atoms with Crippen LogP contribution < -0.4 is 21.7 Å². The fourth-order valence-electron chi connectivity index (χ4n) is 2.26. The third-order valence-corrected chi connectivity index (χ3v) is 3.42. The molecule has 0 aromatic rings. The Morgan fingerprint density at radius 2 is 1.19 bits per heavy atom. The van der Waals surface area contributed by atoms with Gasteiger partial charge < -0.3 is 31.2 Å². The highest BCUT2D eigenvalue weighted by atomic mass is 16.5. The fraction of sp³-hybridized carbons (Fsp3) is 0.765. The number of hydrogen-bond donors (Lipinski definition) is 4. The molecule has 5 N–H and O–H groups in total. The molecule has 0 radical (unpaired) electrons. The fourth-order valence-corrected chi connectivity index (χ4v) is 2.26. The molecule has 0 aliphatic carbocycles. The van der Waals surface area contributed by atoms with E-state index in [0.717, 1.165) is 6.42 Å². The van der Waals surface area contributed by atoms with E-state index in [1.165, 1.54) is 0 Å². The van der Waals surface area contributed by atoms with Gasteiger partial charge in [0.05, 0.1) is 0 Å². The second kappa shape index (κ2) is 14.9. The Bertz CT molecular complexity index is 486. The zero-order valence-corrected chi connectivity index (χ0v) is 16.3. The summed E-state index contributed by atoms with van der Waals surface area (Å²) >= 11 is 0. The Hall–Kier alpha value is -2.20. The van der Waals surface area contributed by atoms with Crippen molar-refractivity contribution in [2.75, 3.05) is 46.1 Å². The molecule has 10 nitrogen and oxygen atoms in total. The van der Waals surface area contributed by atoms with Crippen molar-refractivity contribution in [2.45, 2.75) is 27.2 Å². The molecule has 27 heavy (non-hydrogen) atoms. The van der Waals surface area contributed by atoms with Crippen LogP contribution in [0.5, 0.6) is 0 Å². The van der Waals surface area contributed by atoms with Gasteiger partial charge in [0.1, 0.15) is 26.4 Å². The van der Waals surface area contributed by atoms with Crippen LogP contribution in [-0.4, -0.2) is 69.7 Å². The molecule has 2 atom stereocenters. The van der Waals surface area contributed by atoms with Crippen molar-refractivity contribution >= 4 is 23.6 Å². The topological polar surface area (TPSA) is 149 Å². The summed E-state index contributed by atoms with van der Waals surface area (Å²) in [4.78, 5) is 44.9. The van der Waals surface area contributed by atoms with Gasteiger partial charge >= 0.3 is 0 Å². The van der Waals surface area contributed by atoms with Crippen molar-refractivity contribution in [3.8, 4) is 0 Å². The number of likely N-dealkylation sites (N-methyl/N-ethyl adjacent to an activating group) is 1. The largest absolute Gasteiger partial charge is 0.368 e. The Kier molecular flexibility index (Phi) is 13.7. The van der Waals surface area contributed by atoms with E-state index in [9.17, 15) is 19.2 Å². The first-order valence-electron chi connectivity index (χ1n) is 8.98. The van der Waals surface area contributed by atoms with Crippen molar-refractivity contribution < 1.29 is 28.7 Å². The van der Waals surface area contributed by atoms with Gasteiger partial charge in [-0.15, -0.1) is 0 Å².